The van der Waals surface area contributed by atoms with Crippen molar-refractivity contribution in [3.8, 4) is 0 Å². The van der Waals surface area contributed by atoms with Crippen molar-refractivity contribution in [1.82, 2.24) is 0 Å². The zero-order chi connectivity index (χ0) is 36.9. The third-order valence-corrected chi connectivity index (χ3v) is 9.29. The highest BCUT2D eigenvalue weighted by Crippen LogP contribution is 2.15. The molecule has 0 aromatic rings. The number of unbranched alkanes of at least 4 members (excludes halogenated alkanes) is 22. The van der Waals surface area contributed by atoms with E-state index in [0.717, 1.165) is 70.6 Å². The van der Waals surface area contributed by atoms with Crippen LogP contribution in [0.4, 0.5) is 0 Å². The summed E-state index contributed by atoms with van der Waals surface area (Å²) in [5.74, 6) is -1.03. The summed E-state index contributed by atoms with van der Waals surface area (Å²) in [6.07, 6.45) is 33.1. The molecular formula is C42H78O8. The Morgan fingerprint density at radius 1 is 0.500 bits per heavy atom. The van der Waals surface area contributed by atoms with E-state index >= 15 is 0 Å². The second-order valence-corrected chi connectivity index (χ2v) is 14.1. The molecule has 0 aliphatic rings. The maximum atomic E-state index is 12.5. The molecule has 0 aliphatic carbocycles. The number of hydrogen-bond donors (Lipinski definition) is 4. The van der Waals surface area contributed by atoms with E-state index in [9.17, 15) is 30.0 Å². The van der Waals surface area contributed by atoms with Gasteiger partial charge in [0.05, 0.1) is 6.61 Å². The van der Waals surface area contributed by atoms with Crippen LogP contribution >= 0.6 is 0 Å². The van der Waals surface area contributed by atoms with Gasteiger partial charge in [-0.3, -0.25) is 9.59 Å². The van der Waals surface area contributed by atoms with E-state index in [1.165, 1.54) is 83.5 Å². The normalized spacial score (nSPS) is 14.3. The van der Waals surface area contributed by atoms with E-state index in [1.54, 1.807) is 0 Å². The number of esters is 2. The minimum atomic E-state index is -1.76. The monoisotopic (exact) mass is 711 g/mol. The summed E-state index contributed by atoms with van der Waals surface area (Å²) in [7, 11) is 0. The molecule has 0 aliphatic heterocycles. The highest BCUT2D eigenvalue weighted by Gasteiger charge is 2.34. The molecule has 0 saturated carbocycles. The number of hydrogen-bond acceptors (Lipinski definition) is 8. The van der Waals surface area contributed by atoms with Crippen LogP contribution in [0, 0.1) is 0 Å². The molecule has 0 bridgehead atoms. The smallest absolute Gasteiger partial charge is 0.306 e. The molecule has 4 atom stereocenters. The number of allylic oxidation sites excluding steroid dienone is 4. The number of ether oxygens (including phenoxy) is 2. The van der Waals surface area contributed by atoms with Crippen molar-refractivity contribution in [1.29, 1.82) is 0 Å². The maximum absolute atomic E-state index is 12.5. The molecule has 8 nitrogen and oxygen atoms in total. The van der Waals surface area contributed by atoms with Crippen molar-refractivity contribution in [2.45, 2.75) is 218 Å². The van der Waals surface area contributed by atoms with Gasteiger partial charge in [0, 0.05) is 12.8 Å². The van der Waals surface area contributed by atoms with Crippen LogP contribution in [0.5, 0.6) is 0 Å². The molecule has 0 amide bonds. The molecule has 0 spiro atoms. The summed E-state index contributed by atoms with van der Waals surface area (Å²) < 4.78 is 10.7. The molecule has 0 saturated heterocycles. The molecule has 0 aromatic carbocycles. The van der Waals surface area contributed by atoms with Gasteiger partial charge in [-0.05, 0) is 64.2 Å². The van der Waals surface area contributed by atoms with Crippen molar-refractivity contribution in [3.05, 3.63) is 24.3 Å². The predicted octanol–water partition coefficient (Wildman–Crippen LogP) is 9.59. The van der Waals surface area contributed by atoms with Gasteiger partial charge in [-0.2, -0.15) is 0 Å². The van der Waals surface area contributed by atoms with E-state index in [0.29, 0.717) is 12.8 Å². The number of carbonyl (C=O) groups excluding carboxylic acids is 2. The Hall–Kier alpha value is -1.74. The van der Waals surface area contributed by atoms with Gasteiger partial charge in [0.1, 0.15) is 24.9 Å². The number of aliphatic hydroxyl groups excluding tert-OH is 4. The highest BCUT2D eigenvalue weighted by molar-refractivity contribution is 5.70. The maximum Gasteiger partial charge on any atom is 0.306 e. The third-order valence-electron chi connectivity index (χ3n) is 9.29. The van der Waals surface area contributed by atoms with Crippen LogP contribution in [0.1, 0.15) is 194 Å². The van der Waals surface area contributed by atoms with Gasteiger partial charge in [-0.1, -0.05) is 141 Å². The van der Waals surface area contributed by atoms with Gasteiger partial charge >= 0.3 is 11.9 Å². The van der Waals surface area contributed by atoms with Gasteiger partial charge in [0.25, 0.3) is 0 Å². The minimum Gasteiger partial charge on any atom is -0.462 e. The lowest BCUT2D eigenvalue weighted by molar-refractivity contribution is -0.178. The zero-order valence-corrected chi connectivity index (χ0v) is 32.3. The molecule has 8 heteroatoms. The largest absolute Gasteiger partial charge is 0.462 e. The molecule has 4 N–H and O–H groups in total. The van der Waals surface area contributed by atoms with E-state index in [1.807, 2.05) is 0 Å². The lowest BCUT2D eigenvalue weighted by Crippen LogP contribution is -2.49. The summed E-state index contributed by atoms with van der Waals surface area (Å²) in [6, 6.07) is 0. The fraction of sp³-hybridized carbons (Fsp3) is 0.857. The van der Waals surface area contributed by atoms with Crippen LogP contribution in [-0.2, 0) is 19.1 Å². The van der Waals surface area contributed by atoms with Gasteiger partial charge in [-0.25, -0.2) is 0 Å². The van der Waals surface area contributed by atoms with Crippen LogP contribution in [0.2, 0.25) is 0 Å². The molecule has 0 radical (unpaired) electrons. The molecule has 0 aromatic heterocycles. The van der Waals surface area contributed by atoms with Crippen LogP contribution in [0.25, 0.3) is 0 Å². The molecule has 0 fully saturated rings. The fourth-order valence-corrected chi connectivity index (χ4v) is 5.91. The molecular weight excluding hydrogens is 632 g/mol. The Morgan fingerprint density at radius 3 is 1.26 bits per heavy atom. The summed E-state index contributed by atoms with van der Waals surface area (Å²) >= 11 is 0. The second-order valence-electron chi connectivity index (χ2n) is 14.1. The van der Waals surface area contributed by atoms with E-state index in [4.69, 9.17) is 9.47 Å². The minimum absolute atomic E-state index is 0.142. The first-order valence-electron chi connectivity index (χ1n) is 20.7. The Morgan fingerprint density at radius 2 is 0.860 bits per heavy atom. The Bertz CT molecular complexity index is 814. The molecule has 0 unspecified atom stereocenters. The SMILES string of the molecule is CCCCCCCCC=CCCCCCCCC(=O)OC[C@H](OC(=O)CCCCCCCC=CCCCCCCCC)[C@@H](O)[C@H](O)[C@H](O)CO. The average molecular weight is 711 g/mol. The Balaban J connectivity index is 4.19. The Kier molecular flexibility index (Phi) is 35.7. The van der Waals surface area contributed by atoms with Crippen LogP contribution in [0.3, 0.4) is 0 Å². The van der Waals surface area contributed by atoms with Crippen LogP contribution < -0.4 is 0 Å². The molecule has 0 rings (SSSR count). The zero-order valence-electron chi connectivity index (χ0n) is 32.3. The first kappa shape index (κ1) is 48.3. The fourth-order valence-electron chi connectivity index (χ4n) is 5.91. The Labute approximate surface area is 306 Å². The van der Waals surface area contributed by atoms with Crippen LogP contribution in [0.15, 0.2) is 24.3 Å². The lowest BCUT2D eigenvalue weighted by Gasteiger charge is -2.28. The summed E-state index contributed by atoms with van der Waals surface area (Å²) in [6.45, 7) is 3.28. The summed E-state index contributed by atoms with van der Waals surface area (Å²) in [5.41, 5.74) is 0. The van der Waals surface area contributed by atoms with Gasteiger partial charge in [0.2, 0.25) is 0 Å². The standard InChI is InChI=1S/C42H78O8/c1-3-5-7-9-11-13-15-17-19-21-23-25-27-29-31-33-39(45)49-36-38(42(48)41(47)37(44)35-43)50-40(46)34-32-30-28-26-24-22-20-18-16-14-12-10-8-6-4-2/h17-20,37-38,41-44,47-48H,3-16,21-36H2,1-2H3/t37-,38+,41-,42-/m1/s1. The van der Waals surface area contributed by atoms with Crippen molar-refractivity contribution in [2.75, 3.05) is 13.2 Å². The second kappa shape index (κ2) is 37.0. The van der Waals surface area contributed by atoms with Gasteiger partial charge < -0.3 is 29.9 Å². The number of carbonyl (C=O) groups is 2. The first-order chi connectivity index (χ1) is 24.4. The van der Waals surface area contributed by atoms with Crippen molar-refractivity contribution in [2.24, 2.45) is 0 Å². The number of aliphatic hydroxyl groups is 4. The lowest BCUT2D eigenvalue weighted by atomic mass is 10.0. The van der Waals surface area contributed by atoms with Crippen LogP contribution in [-0.4, -0.2) is 70.0 Å². The number of rotatable bonds is 37. The van der Waals surface area contributed by atoms with Crippen molar-refractivity contribution < 1.29 is 39.5 Å². The quantitative estimate of drug-likeness (QED) is 0.0285. The van der Waals surface area contributed by atoms with E-state index in [2.05, 4.69) is 38.2 Å². The summed E-state index contributed by atoms with van der Waals surface area (Å²) in [5, 5.41) is 39.7. The van der Waals surface area contributed by atoms with Crippen molar-refractivity contribution >= 4 is 11.9 Å². The van der Waals surface area contributed by atoms with E-state index < -0.39 is 49.6 Å². The third kappa shape index (κ3) is 31.0. The molecule has 294 valence electrons. The van der Waals surface area contributed by atoms with Gasteiger partial charge in [-0.15, -0.1) is 0 Å². The summed E-state index contributed by atoms with van der Waals surface area (Å²) in [4.78, 5) is 24.9. The van der Waals surface area contributed by atoms with E-state index in [-0.39, 0.29) is 12.8 Å². The molecule has 50 heavy (non-hydrogen) atoms. The average Bonchev–Trinajstić information content (AvgIpc) is 3.12. The first-order valence-corrected chi connectivity index (χ1v) is 20.7. The predicted molar refractivity (Wildman–Crippen MR) is 205 cm³/mol. The van der Waals surface area contributed by atoms with Crippen molar-refractivity contribution in [3.63, 3.8) is 0 Å². The highest BCUT2D eigenvalue weighted by atomic mass is 16.6. The topological polar surface area (TPSA) is 134 Å². The van der Waals surface area contributed by atoms with Gasteiger partial charge in [0.15, 0.2) is 6.10 Å². The molecule has 0 heterocycles.